The number of aromatic nitrogens is 1. The van der Waals surface area contributed by atoms with Crippen molar-refractivity contribution in [3.63, 3.8) is 0 Å². The standard InChI is InChI=1S/C14H17N3S/c1-16-6-8-17(9-7-16)12-4-5-15-13(11-12)14-3-2-10-18-14/h2-5,10-11H,6-9H2,1H3. The molecule has 0 radical (unpaired) electrons. The maximum Gasteiger partial charge on any atom is 0.0822 e. The Hall–Kier alpha value is -1.39. The highest BCUT2D eigenvalue weighted by atomic mass is 32.1. The lowest BCUT2D eigenvalue weighted by Gasteiger charge is -2.34. The van der Waals surface area contributed by atoms with Crippen molar-refractivity contribution in [1.82, 2.24) is 9.88 Å². The molecule has 3 heterocycles. The van der Waals surface area contributed by atoms with E-state index in [-0.39, 0.29) is 0 Å². The van der Waals surface area contributed by atoms with Crippen LogP contribution in [0.25, 0.3) is 10.6 Å². The maximum atomic E-state index is 4.46. The topological polar surface area (TPSA) is 19.4 Å². The second kappa shape index (κ2) is 5.08. The van der Waals surface area contributed by atoms with Gasteiger partial charge < -0.3 is 9.80 Å². The molecule has 0 amide bonds. The molecule has 0 unspecified atom stereocenters. The van der Waals surface area contributed by atoms with Crippen LogP contribution in [0.3, 0.4) is 0 Å². The first-order chi connectivity index (χ1) is 8.83. The van der Waals surface area contributed by atoms with E-state index >= 15 is 0 Å². The summed E-state index contributed by atoms with van der Waals surface area (Å²) in [5, 5.41) is 2.10. The number of pyridine rings is 1. The number of anilines is 1. The molecule has 0 N–H and O–H groups in total. The number of piperazine rings is 1. The quantitative estimate of drug-likeness (QED) is 0.826. The lowest BCUT2D eigenvalue weighted by atomic mass is 10.2. The van der Waals surface area contributed by atoms with E-state index < -0.39 is 0 Å². The number of nitrogens with zero attached hydrogens (tertiary/aromatic N) is 3. The molecule has 18 heavy (non-hydrogen) atoms. The third-order valence-corrected chi connectivity index (χ3v) is 4.28. The van der Waals surface area contributed by atoms with Crippen molar-refractivity contribution < 1.29 is 0 Å². The summed E-state index contributed by atoms with van der Waals surface area (Å²) in [5.74, 6) is 0. The Morgan fingerprint density at radius 2 is 2.00 bits per heavy atom. The van der Waals surface area contributed by atoms with Crippen LogP contribution in [0.4, 0.5) is 5.69 Å². The van der Waals surface area contributed by atoms with E-state index in [2.05, 4.69) is 51.5 Å². The Morgan fingerprint density at radius 3 is 2.72 bits per heavy atom. The van der Waals surface area contributed by atoms with Gasteiger partial charge in [0.15, 0.2) is 0 Å². The summed E-state index contributed by atoms with van der Waals surface area (Å²) >= 11 is 1.74. The molecule has 2 aromatic rings. The molecule has 0 saturated carbocycles. The largest absolute Gasteiger partial charge is 0.369 e. The predicted octanol–water partition coefficient (Wildman–Crippen LogP) is 2.56. The number of likely N-dealkylation sites (N-methyl/N-ethyl adjacent to an activating group) is 1. The van der Waals surface area contributed by atoms with Gasteiger partial charge in [-0.05, 0) is 30.6 Å². The molecule has 2 aromatic heterocycles. The molecule has 1 fully saturated rings. The minimum Gasteiger partial charge on any atom is -0.369 e. The van der Waals surface area contributed by atoms with Crippen molar-refractivity contribution in [3.8, 4) is 10.6 Å². The van der Waals surface area contributed by atoms with E-state index in [1.165, 1.54) is 10.6 Å². The van der Waals surface area contributed by atoms with Gasteiger partial charge in [-0.2, -0.15) is 0 Å². The van der Waals surface area contributed by atoms with Gasteiger partial charge in [0.1, 0.15) is 0 Å². The molecule has 1 aliphatic rings. The van der Waals surface area contributed by atoms with Crippen LogP contribution in [0.1, 0.15) is 0 Å². The first kappa shape index (κ1) is 11.7. The van der Waals surface area contributed by atoms with E-state index in [0.29, 0.717) is 0 Å². The van der Waals surface area contributed by atoms with E-state index in [1.807, 2.05) is 6.20 Å². The lowest BCUT2D eigenvalue weighted by molar-refractivity contribution is 0.313. The highest BCUT2D eigenvalue weighted by Crippen LogP contribution is 2.26. The summed E-state index contributed by atoms with van der Waals surface area (Å²) < 4.78 is 0. The normalized spacial score (nSPS) is 17.1. The third-order valence-electron chi connectivity index (χ3n) is 3.39. The molecular formula is C14H17N3S. The summed E-state index contributed by atoms with van der Waals surface area (Å²) in [5.41, 5.74) is 2.38. The molecule has 0 aromatic carbocycles. The Balaban J connectivity index is 1.83. The minimum atomic E-state index is 1.08. The van der Waals surface area contributed by atoms with Crippen molar-refractivity contribution >= 4 is 17.0 Å². The zero-order valence-electron chi connectivity index (χ0n) is 10.5. The van der Waals surface area contributed by atoms with Crippen LogP contribution in [0.5, 0.6) is 0 Å². The van der Waals surface area contributed by atoms with Crippen LogP contribution >= 0.6 is 11.3 Å². The average molecular weight is 259 g/mol. The second-order valence-electron chi connectivity index (χ2n) is 4.67. The Morgan fingerprint density at radius 1 is 1.17 bits per heavy atom. The average Bonchev–Trinajstić information content (AvgIpc) is 2.94. The molecular weight excluding hydrogens is 242 g/mol. The molecule has 0 atom stereocenters. The third kappa shape index (κ3) is 2.40. The van der Waals surface area contributed by atoms with Crippen LogP contribution in [0.15, 0.2) is 35.8 Å². The van der Waals surface area contributed by atoms with Crippen LogP contribution in [-0.4, -0.2) is 43.1 Å². The smallest absolute Gasteiger partial charge is 0.0822 e. The molecule has 0 bridgehead atoms. The van der Waals surface area contributed by atoms with Crippen molar-refractivity contribution in [1.29, 1.82) is 0 Å². The summed E-state index contributed by atoms with van der Waals surface area (Å²) in [6, 6.07) is 8.52. The number of hydrogen-bond donors (Lipinski definition) is 0. The number of thiophene rings is 1. The van der Waals surface area contributed by atoms with Gasteiger partial charge in [0.2, 0.25) is 0 Å². The van der Waals surface area contributed by atoms with Crippen molar-refractivity contribution in [2.24, 2.45) is 0 Å². The zero-order chi connectivity index (χ0) is 12.4. The van der Waals surface area contributed by atoms with Gasteiger partial charge in [-0.1, -0.05) is 6.07 Å². The van der Waals surface area contributed by atoms with E-state index in [9.17, 15) is 0 Å². The van der Waals surface area contributed by atoms with Gasteiger partial charge in [0, 0.05) is 38.1 Å². The van der Waals surface area contributed by atoms with Crippen molar-refractivity contribution in [2.45, 2.75) is 0 Å². The number of hydrogen-bond acceptors (Lipinski definition) is 4. The van der Waals surface area contributed by atoms with Gasteiger partial charge in [0.25, 0.3) is 0 Å². The molecule has 94 valence electrons. The van der Waals surface area contributed by atoms with Gasteiger partial charge in [-0.3, -0.25) is 4.98 Å². The Labute approximate surface area is 112 Å². The van der Waals surface area contributed by atoms with Gasteiger partial charge >= 0.3 is 0 Å². The fraction of sp³-hybridized carbons (Fsp3) is 0.357. The first-order valence-electron chi connectivity index (χ1n) is 6.26. The Kier molecular flexibility index (Phi) is 3.30. The SMILES string of the molecule is CN1CCN(c2ccnc(-c3cccs3)c2)CC1. The van der Waals surface area contributed by atoms with Crippen LogP contribution in [-0.2, 0) is 0 Å². The molecule has 0 aliphatic carbocycles. The summed E-state index contributed by atoms with van der Waals surface area (Å²) in [4.78, 5) is 10.5. The lowest BCUT2D eigenvalue weighted by Crippen LogP contribution is -2.44. The van der Waals surface area contributed by atoms with Crippen LogP contribution < -0.4 is 4.90 Å². The second-order valence-corrected chi connectivity index (χ2v) is 5.61. The first-order valence-corrected chi connectivity index (χ1v) is 7.14. The minimum absolute atomic E-state index is 1.08. The van der Waals surface area contributed by atoms with Crippen LogP contribution in [0.2, 0.25) is 0 Å². The fourth-order valence-corrected chi connectivity index (χ4v) is 2.93. The molecule has 3 nitrogen and oxygen atoms in total. The predicted molar refractivity (Wildman–Crippen MR) is 77.3 cm³/mol. The molecule has 3 rings (SSSR count). The Bertz CT molecular complexity index is 502. The van der Waals surface area contributed by atoms with Gasteiger partial charge in [0.05, 0.1) is 10.6 Å². The monoisotopic (exact) mass is 259 g/mol. The van der Waals surface area contributed by atoms with Crippen molar-refractivity contribution in [2.75, 3.05) is 38.1 Å². The molecule has 0 spiro atoms. The van der Waals surface area contributed by atoms with E-state index in [4.69, 9.17) is 0 Å². The summed E-state index contributed by atoms with van der Waals surface area (Å²) in [6.45, 7) is 4.47. The molecule has 1 saturated heterocycles. The molecule has 4 heteroatoms. The van der Waals surface area contributed by atoms with Gasteiger partial charge in [-0.25, -0.2) is 0 Å². The van der Waals surface area contributed by atoms with E-state index in [0.717, 1.165) is 31.9 Å². The highest BCUT2D eigenvalue weighted by molar-refractivity contribution is 7.13. The van der Waals surface area contributed by atoms with Crippen molar-refractivity contribution in [3.05, 3.63) is 35.8 Å². The maximum absolute atomic E-state index is 4.46. The summed E-state index contributed by atoms with van der Waals surface area (Å²) in [7, 11) is 2.18. The zero-order valence-corrected chi connectivity index (χ0v) is 11.4. The van der Waals surface area contributed by atoms with Crippen LogP contribution in [0, 0.1) is 0 Å². The van der Waals surface area contributed by atoms with Gasteiger partial charge in [-0.15, -0.1) is 11.3 Å². The molecule has 1 aliphatic heterocycles. The van der Waals surface area contributed by atoms with E-state index in [1.54, 1.807) is 11.3 Å². The number of rotatable bonds is 2. The fourth-order valence-electron chi connectivity index (χ4n) is 2.24. The summed E-state index contributed by atoms with van der Waals surface area (Å²) in [6.07, 6.45) is 1.92. The highest BCUT2D eigenvalue weighted by Gasteiger charge is 2.14.